The molecule has 0 bridgehead atoms. The van der Waals surface area contributed by atoms with Crippen LogP contribution in [0.1, 0.15) is 56.0 Å². The van der Waals surface area contributed by atoms with Crippen molar-refractivity contribution in [1.29, 1.82) is 0 Å². The maximum absolute atomic E-state index is 11.6. The molecule has 1 aliphatic carbocycles. The van der Waals surface area contributed by atoms with Crippen molar-refractivity contribution in [3.05, 3.63) is 34.3 Å². The highest BCUT2D eigenvalue weighted by molar-refractivity contribution is 5.47. The SMILES string of the molecule is Cc1nc(OCCCn2cncn2)c([N+](=O)[O-])c(C2CCCCC2)n1. The molecule has 0 spiro atoms. The van der Waals surface area contributed by atoms with Crippen molar-refractivity contribution in [3.63, 3.8) is 0 Å². The Morgan fingerprint density at radius 2 is 2.12 bits per heavy atom. The summed E-state index contributed by atoms with van der Waals surface area (Å²) in [6.07, 6.45) is 8.96. The molecule has 9 nitrogen and oxygen atoms in total. The lowest BCUT2D eigenvalue weighted by Crippen LogP contribution is -2.14. The summed E-state index contributed by atoms with van der Waals surface area (Å²) >= 11 is 0. The van der Waals surface area contributed by atoms with Crippen LogP contribution in [-0.2, 0) is 6.54 Å². The van der Waals surface area contributed by atoms with E-state index in [1.165, 1.54) is 12.7 Å². The molecule has 0 unspecified atom stereocenters. The molecule has 0 radical (unpaired) electrons. The molecule has 1 aliphatic rings. The second-order valence-corrected chi connectivity index (χ2v) is 6.26. The first kappa shape index (κ1) is 17.2. The zero-order chi connectivity index (χ0) is 17.6. The van der Waals surface area contributed by atoms with E-state index < -0.39 is 4.92 Å². The topological polar surface area (TPSA) is 109 Å². The van der Waals surface area contributed by atoms with Crippen molar-refractivity contribution in [2.45, 2.75) is 57.9 Å². The molecule has 0 atom stereocenters. The highest BCUT2D eigenvalue weighted by Crippen LogP contribution is 2.39. The summed E-state index contributed by atoms with van der Waals surface area (Å²) in [5.74, 6) is 0.711. The van der Waals surface area contributed by atoms with Gasteiger partial charge in [0.25, 0.3) is 5.88 Å². The lowest BCUT2D eigenvalue weighted by molar-refractivity contribution is -0.387. The number of nitro groups is 1. The molecule has 134 valence electrons. The van der Waals surface area contributed by atoms with E-state index in [4.69, 9.17) is 4.74 Å². The van der Waals surface area contributed by atoms with E-state index in [0.717, 1.165) is 25.7 Å². The molecule has 1 saturated carbocycles. The van der Waals surface area contributed by atoms with Crippen LogP contribution in [0.25, 0.3) is 0 Å². The van der Waals surface area contributed by atoms with Crippen LogP contribution in [0.5, 0.6) is 5.88 Å². The fourth-order valence-corrected chi connectivity index (χ4v) is 3.24. The van der Waals surface area contributed by atoms with Gasteiger partial charge in [-0.05, 0) is 19.8 Å². The van der Waals surface area contributed by atoms with Crippen molar-refractivity contribution in [1.82, 2.24) is 24.7 Å². The minimum Gasteiger partial charge on any atom is -0.473 e. The summed E-state index contributed by atoms with van der Waals surface area (Å²) < 4.78 is 7.35. The van der Waals surface area contributed by atoms with Crippen LogP contribution >= 0.6 is 0 Å². The molecule has 2 aromatic heterocycles. The van der Waals surface area contributed by atoms with E-state index in [1.807, 2.05) is 0 Å². The van der Waals surface area contributed by atoms with Gasteiger partial charge in [0.05, 0.1) is 11.5 Å². The maximum Gasteiger partial charge on any atom is 0.352 e. The van der Waals surface area contributed by atoms with Crippen LogP contribution in [0, 0.1) is 17.0 Å². The Morgan fingerprint density at radius 1 is 1.32 bits per heavy atom. The van der Waals surface area contributed by atoms with E-state index in [9.17, 15) is 10.1 Å². The number of aryl methyl sites for hydroxylation is 2. The van der Waals surface area contributed by atoms with Crippen LogP contribution in [0.4, 0.5) is 5.69 Å². The Kier molecular flexibility index (Phi) is 5.52. The van der Waals surface area contributed by atoms with E-state index in [0.29, 0.717) is 31.1 Å². The minimum absolute atomic E-state index is 0.0711. The Labute approximate surface area is 145 Å². The van der Waals surface area contributed by atoms with Gasteiger partial charge in [-0.1, -0.05) is 19.3 Å². The largest absolute Gasteiger partial charge is 0.473 e. The van der Waals surface area contributed by atoms with Crippen LogP contribution in [0.15, 0.2) is 12.7 Å². The van der Waals surface area contributed by atoms with Crippen molar-refractivity contribution < 1.29 is 9.66 Å². The van der Waals surface area contributed by atoms with E-state index in [-0.39, 0.29) is 17.5 Å². The average molecular weight is 346 g/mol. The number of nitrogens with zero attached hydrogens (tertiary/aromatic N) is 6. The Morgan fingerprint density at radius 3 is 2.80 bits per heavy atom. The average Bonchev–Trinajstić information content (AvgIpc) is 3.12. The van der Waals surface area contributed by atoms with Crippen LogP contribution in [-0.4, -0.2) is 36.3 Å². The van der Waals surface area contributed by atoms with Crippen molar-refractivity contribution in [2.75, 3.05) is 6.61 Å². The molecule has 1 fully saturated rings. The highest BCUT2D eigenvalue weighted by Gasteiger charge is 2.31. The summed E-state index contributed by atoms with van der Waals surface area (Å²) in [6, 6.07) is 0. The summed E-state index contributed by atoms with van der Waals surface area (Å²) in [5, 5.41) is 15.7. The molecule has 2 aromatic rings. The lowest BCUT2D eigenvalue weighted by atomic mass is 9.86. The monoisotopic (exact) mass is 346 g/mol. The van der Waals surface area contributed by atoms with Crippen LogP contribution < -0.4 is 4.74 Å². The quantitative estimate of drug-likeness (QED) is 0.431. The van der Waals surface area contributed by atoms with Gasteiger partial charge >= 0.3 is 5.69 Å². The molecule has 3 rings (SSSR count). The summed E-state index contributed by atoms with van der Waals surface area (Å²) in [6.45, 7) is 2.70. The molecule has 25 heavy (non-hydrogen) atoms. The third-order valence-electron chi connectivity index (χ3n) is 4.40. The third-order valence-corrected chi connectivity index (χ3v) is 4.40. The molecule has 2 heterocycles. The van der Waals surface area contributed by atoms with Gasteiger partial charge in [-0.3, -0.25) is 14.8 Å². The summed E-state index contributed by atoms with van der Waals surface area (Å²) in [5.41, 5.74) is 0.460. The third kappa shape index (κ3) is 4.28. The molecule has 0 N–H and O–H groups in total. The number of hydrogen-bond donors (Lipinski definition) is 0. The fourth-order valence-electron chi connectivity index (χ4n) is 3.24. The Bertz CT molecular complexity index is 713. The maximum atomic E-state index is 11.6. The van der Waals surface area contributed by atoms with Crippen molar-refractivity contribution in [2.24, 2.45) is 0 Å². The van der Waals surface area contributed by atoms with E-state index in [1.54, 1.807) is 17.9 Å². The molecule has 0 aliphatic heterocycles. The zero-order valence-electron chi connectivity index (χ0n) is 14.3. The predicted octanol–water partition coefficient (Wildman–Crippen LogP) is 2.80. The molecule has 0 amide bonds. The first-order valence-electron chi connectivity index (χ1n) is 8.63. The Hall–Kier alpha value is -2.58. The van der Waals surface area contributed by atoms with Gasteiger partial charge in [-0.25, -0.2) is 9.97 Å². The standard InChI is InChI=1S/C16H22N6O3/c1-12-19-14(13-6-3-2-4-7-13)15(22(23)24)16(20-12)25-9-5-8-21-11-17-10-18-21/h10-11,13H,2-9H2,1H3. The van der Waals surface area contributed by atoms with Crippen LogP contribution in [0.3, 0.4) is 0 Å². The smallest absolute Gasteiger partial charge is 0.352 e. The van der Waals surface area contributed by atoms with Crippen molar-refractivity contribution >= 4 is 5.69 Å². The predicted molar refractivity (Wildman–Crippen MR) is 89.4 cm³/mol. The van der Waals surface area contributed by atoms with Gasteiger partial charge in [0.2, 0.25) is 0 Å². The van der Waals surface area contributed by atoms with Gasteiger partial charge in [-0.15, -0.1) is 0 Å². The second-order valence-electron chi connectivity index (χ2n) is 6.26. The normalized spacial score (nSPS) is 15.2. The first-order valence-corrected chi connectivity index (χ1v) is 8.63. The molecule has 0 aromatic carbocycles. The number of ether oxygens (including phenoxy) is 1. The van der Waals surface area contributed by atoms with Gasteiger partial charge < -0.3 is 4.74 Å². The highest BCUT2D eigenvalue weighted by atomic mass is 16.6. The molecule has 9 heteroatoms. The van der Waals surface area contributed by atoms with Gasteiger partial charge in [0.1, 0.15) is 24.2 Å². The molecule has 0 saturated heterocycles. The second kappa shape index (κ2) is 8.00. The Balaban J connectivity index is 1.74. The number of aromatic nitrogens is 5. The minimum atomic E-state index is -0.407. The zero-order valence-corrected chi connectivity index (χ0v) is 14.3. The number of rotatable bonds is 7. The fraction of sp³-hybridized carbons (Fsp3) is 0.625. The van der Waals surface area contributed by atoms with Gasteiger partial charge in [0.15, 0.2) is 0 Å². The molecular formula is C16H22N6O3. The first-order chi connectivity index (χ1) is 12.1. The van der Waals surface area contributed by atoms with E-state index >= 15 is 0 Å². The van der Waals surface area contributed by atoms with Gasteiger partial charge in [0, 0.05) is 18.9 Å². The van der Waals surface area contributed by atoms with E-state index in [2.05, 4.69) is 20.1 Å². The van der Waals surface area contributed by atoms with Gasteiger partial charge in [-0.2, -0.15) is 10.1 Å². The number of hydrogen-bond acceptors (Lipinski definition) is 7. The van der Waals surface area contributed by atoms with Crippen LogP contribution in [0.2, 0.25) is 0 Å². The molecular weight excluding hydrogens is 324 g/mol. The lowest BCUT2D eigenvalue weighted by Gasteiger charge is -2.21. The summed E-state index contributed by atoms with van der Waals surface area (Å²) in [7, 11) is 0. The van der Waals surface area contributed by atoms with Crippen molar-refractivity contribution in [3.8, 4) is 5.88 Å². The summed E-state index contributed by atoms with van der Waals surface area (Å²) in [4.78, 5) is 23.7.